The lowest BCUT2D eigenvalue weighted by atomic mass is 10.1. The van der Waals surface area contributed by atoms with Crippen molar-refractivity contribution in [2.45, 2.75) is 18.8 Å². The quantitative estimate of drug-likeness (QED) is 0.797. The lowest BCUT2D eigenvalue weighted by molar-refractivity contribution is -0.140. The van der Waals surface area contributed by atoms with E-state index in [1.165, 1.54) is 4.88 Å². The van der Waals surface area contributed by atoms with Gasteiger partial charge in [-0.1, -0.05) is 18.2 Å². The van der Waals surface area contributed by atoms with Crippen LogP contribution in [-0.4, -0.2) is 54.9 Å². The Morgan fingerprint density at radius 2 is 1.78 bits per heavy atom. The normalized spacial score (nSPS) is 21.8. The van der Waals surface area contributed by atoms with Gasteiger partial charge in [0.1, 0.15) is 5.75 Å². The second-order valence-corrected chi connectivity index (χ2v) is 8.17. The van der Waals surface area contributed by atoms with E-state index in [4.69, 9.17) is 4.74 Å². The molecule has 1 saturated carbocycles. The van der Waals surface area contributed by atoms with Crippen molar-refractivity contribution >= 4 is 23.2 Å². The summed E-state index contributed by atoms with van der Waals surface area (Å²) in [6, 6.07) is 11.8. The first-order valence-electron chi connectivity index (χ1n) is 9.38. The van der Waals surface area contributed by atoms with Gasteiger partial charge in [-0.15, -0.1) is 11.3 Å². The van der Waals surface area contributed by atoms with Gasteiger partial charge in [0.15, 0.2) is 0 Å². The van der Waals surface area contributed by atoms with Gasteiger partial charge in [0.2, 0.25) is 11.8 Å². The molecule has 2 heterocycles. The summed E-state index contributed by atoms with van der Waals surface area (Å²) >= 11 is 1.74. The highest BCUT2D eigenvalue weighted by Gasteiger charge is 2.46. The van der Waals surface area contributed by atoms with Crippen LogP contribution in [0, 0.1) is 5.92 Å². The minimum atomic E-state index is 0.121. The number of benzene rings is 1. The van der Waals surface area contributed by atoms with Crippen molar-refractivity contribution < 1.29 is 14.3 Å². The smallest absolute Gasteiger partial charge is 0.227 e. The molecule has 2 fully saturated rings. The number of hydrogen-bond acceptors (Lipinski definition) is 4. The molecule has 0 N–H and O–H groups in total. The van der Waals surface area contributed by atoms with Crippen LogP contribution in [0.15, 0.2) is 41.8 Å². The van der Waals surface area contributed by atoms with Gasteiger partial charge in [-0.05, 0) is 35.6 Å². The van der Waals surface area contributed by atoms with E-state index < -0.39 is 0 Å². The van der Waals surface area contributed by atoms with Gasteiger partial charge in [-0.25, -0.2) is 0 Å². The Kier molecular flexibility index (Phi) is 5.16. The molecule has 6 heteroatoms. The van der Waals surface area contributed by atoms with Gasteiger partial charge in [-0.2, -0.15) is 0 Å². The Morgan fingerprint density at radius 1 is 1.07 bits per heavy atom. The van der Waals surface area contributed by atoms with E-state index in [0.717, 1.165) is 17.7 Å². The highest BCUT2D eigenvalue weighted by atomic mass is 32.1. The molecule has 27 heavy (non-hydrogen) atoms. The zero-order valence-electron chi connectivity index (χ0n) is 15.5. The third kappa shape index (κ3) is 4.00. The highest BCUT2D eigenvalue weighted by molar-refractivity contribution is 7.10. The van der Waals surface area contributed by atoms with Gasteiger partial charge in [0.25, 0.3) is 0 Å². The molecule has 2 aliphatic rings. The first-order chi connectivity index (χ1) is 13.2. The molecule has 0 unspecified atom stereocenters. The highest BCUT2D eigenvalue weighted by Crippen LogP contribution is 2.50. The molecule has 1 aliphatic heterocycles. The van der Waals surface area contributed by atoms with Crippen LogP contribution < -0.4 is 4.74 Å². The Hall–Kier alpha value is -2.34. The topological polar surface area (TPSA) is 49.9 Å². The zero-order chi connectivity index (χ0) is 18.8. The Labute approximate surface area is 163 Å². The first kappa shape index (κ1) is 18.0. The summed E-state index contributed by atoms with van der Waals surface area (Å²) in [6.45, 7) is 2.52. The minimum absolute atomic E-state index is 0.121. The molecule has 2 atom stereocenters. The van der Waals surface area contributed by atoms with E-state index in [-0.39, 0.29) is 17.7 Å². The van der Waals surface area contributed by atoms with Gasteiger partial charge >= 0.3 is 0 Å². The van der Waals surface area contributed by atoms with Crippen molar-refractivity contribution in [2.24, 2.45) is 5.92 Å². The third-order valence-corrected chi connectivity index (χ3v) is 6.48. The van der Waals surface area contributed by atoms with Crippen molar-refractivity contribution in [2.75, 3.05) is 33.3 Å². The second-order valence-electron chi connectivity index (χ2n) is 7.20. The molecule has 1 aromatic heterocycles. The van der Waals surface area contributed by atoms with Crippen LogP contribution in [0.25, 0.3) is 0 Å². The summed E-state index contributed by atoms with van der Waals surface area (Å²) in [5.74, 6) is 1.72. The molecule has 0 spiro atoms. The van der Waals surface area contributed by atoms with E-state index in [9.17, 15) is 9.59 Å². The molecule has 2 amide bonds. The van der Waals surface area contributed by atoms with E-state index in [2.05, 4.69) is 11.4 Å². The van der Waals surface area contributed by atoms with Crippen LogP contribution in [0.4, 0.5) is 0 Å². The summed E-state index contributed by atoms with van der Waals surface area (Å²) in [5.41, 5.74) is 0.982. The van der Waals surface area contributed by atoms with Gasteiger partial charge < -0.3 is 14.5 Å². The van der Waals surface area contributed by atoms with E-state index in [0.29, 0.717) is 38.5 Å². The van der Waals surface area contributed by atoms with Crippen LogP contribution in [0.5, 0.6) is 5.75 Å². The number of ether oxygens (including phenoxy) is 1. The molecule has 1 saturated heterocycles. The molecule has 2 aromatic rings. The Balaban J connectivity index is 1.26. The maximum atomic E-state index is 12.7. The van der Waals surface area contributed by atoms with E-state index >= 15 is 0 Å². The molecule has 0 radical (unpaired) electrons. The summed E-state index contributed by atoms with van der Waals surface area (Å²) in [6.07, 6.45) is 1.36. The number of hydrogen-bond donors (Lipinski definition) is 0. The lowest BCUT2D eigenvalue weighted by Gasteiger charge is -2.35. The molecule has 1 aromatic carbocycles. The zero-order valence-corrected chi connectivity index (χ0v) is 16.3. The predicted octanol–water partition coefficient (Wildman–Crippen LogP) is 2.77. The van der Waals surface area contributed by atoms with Crippen LogP contribution in [0.3, 0.4) is 0 Å². The van der Waals surface area contributed by atoms with Gasteiger partial charge in [-0.3, -0.25) is 9.59 Å². The summed E-state index contributed by atoms with van der Waals surface area (Å²) in [5, 5.41) is 2.07. The maximum Gasteiger partial charge on any atom is 0.227 e. The fourth-order valence-corrected chi connectivity index (χ4v) is 4.63. The predicted molar refractivity (Wildman–Crippen MR) is 105 cm³/mol. The maximum absolute atomic E-state index is 12.7. The van der Waals surface area contributed by atoms with Crippen molar-refractivity contribution in [3.8, 4) is 5.75 Å². The summed E-state index contributed by atoms with van der Waals surface area (Å²) in [4.78, 5) is 30.4. The minimum Gasteiger partial charge on any atom is -0.497 e. The average molecular weight is 385 g/mol. The molecule has 4 rings (SSSR count). The number of methoxy groups -OCH3 is 1. The fraction of sp³-hybridized carbons (Fsp3) is 0.429. The number of rotatable bonds is 5. The van der Waals surface area contributed by atoms with Crippen LogP contribution in [0.2, 0.25) is 0 Å². The number of nitrogens with zero attached hydrogens (tertiary/aromatic N) is 2. The number of thiophene rings is 1. The molecule has 142 valence electrons. The molecule has 5 nitrogen and oxygen atoms in total. The number of piperazine rings is 1. The Morgan fingerprint density at radius 3 is 2.41 bits per heavy atom. The van der Waals surface area contributed by atoms with Gasteiger partial charge in [0.05, 0.1) is 13.5 Å². The molecule has 0 bridgehead atoms. The number of carbonyl (C=O) groups is 2. The Bertz CT molecular complexity index is 795. The van der Waals surface area contributed by atoms with Crippen LogP contribution in [0.1, 0.15) is 22.8 Å². The van der Waals surface area contributed by atoms with E-state index in [1.54, 1.807) is 18.4 Å². The SMILES string of the molecule is COc1ccc(CC(=O)N2CCN(C(=O)[C@@H]3C[C@H]3c3cccs3)CC2)cc1. The number of carbonyl (C=O) groups excluding carboxylic acids is 2. The van der Waals surface area contributed by atoms with Crippen LogP contribution in [-0.2, 0) is 16.0 Å². The standard InChI is InChI=1S/C21H24N2O3S/c1-26-16-6-4-15(5-7-16)13-20(24)22-8-10-23(11-9-22)21(25)18-14-17(18)19-3-2-12-27-19/h2-7,12,17-18H,8-11,13-14H2,1H3/t17-,18-/m1/s1. The summed E-state index contributed by atoms with van der Waals surface area (Å²) in [7, 11) is 1.63. The van der Waals surface area contributed by atoms with Crippen molar-refractivity contribution in [3.63, 3.8) is 0 Å². The molecule has 1 aliphatic carbocycles. The fourth-order valence-electron chi connectivity index (χ4n) is 3.73. The largest absolute Gasteiger partial charge is 0.497 e. The van der Waals surface area contributed by atoms with Gasteiger partial charge in [0, 0.05) is 42.9 Å². The van der Waals surface area contributed by atoms with Crippen LogP contribution >= 0.6 is 11.3 Å². The monoisotopic (exact) mass is 384 g/mol. The molecular weight excluding hydrogens is 360 g/mol. The van der Waals surface area contributed by atoms with Crippen molar-refractivity contribution in [1.82, 2.24) is 9.80 Å². The van der Waals surface area contributed by atoms with E-state index in [1.807, 2.05) is 40.1 Å². The lowest BCUT2D eigenvalue weighted by Crippen LogP contribution is -2.51. The van der Waals surface area contributed by atoms with Crippen molar-refractivity contribution in [1.29, 1.82) is 0 Å². The third-order valence-electron chi connectivity index (χ3n) is 5.47. The number of amides is 2. The molecular formula is C21H24N2O3S. The second kappa shape index (κ2) is 7.72. The van der Waals surface area contributed by atoms with Crippen molar-refractivity contribution in [3.05, 3.63) is 52.2 Å². The average Bonchev–Trinajstić information content (AvgIpc) is 3.32. The first-order valence-corrected chi connectivity index (χ1v) is 10.3. The summed E-state index contributed by atoms with van der Waals surface area (Å²) < 4.78 is 5.15.